The van der Waals surface area contributed by atoms with Crippen LogP contribution in [0.2, 0.25) is 0 Å². The van der Waals surface area contributed by atoms with Crippen molar-refractivity contribution >= 4 is 22.8 Å². The van der Waals surface area contributed by atoms with Crippen molar-refractivity contribution in [1.82, 2.24) is 15.1 Å². The van der Waals surface area contributed by atoms with E-state index in [0.717, 1.165) is 23.7 Å². The highest BCUT2D eigenvalue weighted by Crippen LogP contribution is 2.15. The van der Waals surface area contributed by atoms with Gasteiger partial charge in [0.1, 0.15) is 0 Å². The van der Waals surface area contributed by atoms with Gasteiger partial charge in [-0.05, 0) is 19.1 Å². The summed E-state index contributed by atoms with van der Waals surface area (Å²) in [6.45, 7) is 2.65. The number of nitrogens with zero attached hydrogens (tertiary/aromatic N) is 3. The zero-order valence-electron chi connectivity index (χ0n) is 11.0. The van der Waals surface area contributed by atoms with E-state index < -0.39 is 0 Å². The lowest BCUT2D eigenvalue weighted by atomic mass is 10.2. The molecule has 1 aliphatic heterocycles. The van der Waals surface area contributed by atoms with Crippen LogP contribution in [0.3, 0.4) is 0 Å². The first-order valence-electron chi connectivity index (χ1n) is 6.34. The van der Waals surface area contributed by atoms with E-state index in [4.69, 9.17) is 0 Å². The molecule has 1 aromatic carbocycles. The van der Waals surface area contributed by atoms with Gasteiger partial charge in [-0.15, -0.1) is 0 Å². The number of carbonyl (C=O) groups excluding carboxylic acids is 1. The average molecular weight is 286 g/mol. The van der Waals surface area contributed by atoms with Gasteiger partial charge in [0.15, 0.2) is 5.17 Å². The number of thioether (sulfide) groups is 1. The molecule has 1 N–H and O–H groups in total. The number of hydrogen-bond donors (Lipinski definition) is 1. The van der Waals surface area contributed by atoms with Crippen LogP contribution in [0.1, 0.15) is 16.1 Å². The Bertz CT molecular complexity index is 663. The highest BCUT2D eigenvalue weighted by molar-refractivity contribution is 8.14. The predicted octanol–water partition coefficient (Wildman–Crippen LogP) is 2.01. The van der Waals surface area contributed by atoms with E-state index >= 15 is 0 Å². The zero-order valence-corrected chi connectivity index (χ0v) is 11.9. The Kier molecular flexibility index (Phi) is 3.56. The summed E-state index contributed by atoms with van der Waals surface area (Å²) in [5, 5.41) is 7.81. The first kappa shape index (κ1) is 12.9. The molecular weight excluding hydrogens is 272 g/mol. The molecular formula is C14H14N4OS. The zero-order chi connectivity index (χ0) is 13.9. The summed E-state index contributed by atoms with van der Waals surface area (Å²) < 4.78 is 1.76. The number of rotatable bonds is 2. The molecule has 0 saturated heterocycles. The van der Waals surface area contributed by atoms with Crippen LogP contribution in [0, 0.1) is 6.92 Å². The molecule has 0 spiro atoms. The fourth-order valence-corrected chi connectivity index (χ4v) is 2.76. The van der Waals surface area contributed by atoms with Crippen LogP contribution in [-0.2, 0) is 0 Å². The summed E-state index contributed by atoms with van der Waals surface area (Å²) in [6.07, 6.45) is 1.60. The quantitative estimate of drug-likeness (QED) is 0.918. The van der Waals surface area contributed by atoms with E-state index in [9.17, 15) is 4.79 Å². The molecule has 2 heterocycles. The van der Waals surface area contributed by atoms with Gasteiger partial charge in [-0.2, -0.15) is 5.10 Å². The van der Waals surface area contributed by atoms with Crippen LogP contribution in [-0.4, -0.2) is 33.2 Å². The summed E-state index contributed by atoms with van der Waals surface area (Å²) in [7, 11) is 0. The Labute approximate surface area is 121 Å². The largest absolute Gasteiger partial charge is 0.301 e. The van der Waals surface area contributed by atoms with Gasteiger partial charge in [-0.25, -0.2) is 4.68 Å². The lowest BCUT2D eigenvalue weighted by Crippen LogP contribution is -2.27. The van der Waals surface area contributed by atoms with Crippen molar-refractivity contribution in [2.75, 3.05) is 12.3 Å². The fourth-order valence-electron chi connectivity index (χ4n) is 2.04. The SMILES string of the molecule is Cc1c(C(=O)NC2=NCCS2)cnn1-c1ccccc1. The minimum atomic E-state index is -0.155. The minimum Gasteiger partial charge on any atom is -0.301 e. The van der Waals surface area contributed by atoms with Gasteiger partial charge in [0.2, 0.25) is 0 Å². The number of amides is 1. The second-order valence-corrected chi connectivity index (χ2v) is 5.46. The molecule has 0 radical (unpaired) electrons. The summed E-state index contributed by atoms with van der Waals surface area (Å²) in [5.74, 6) is 0.774. The molecule has 5 nitrogen and oxygen atoms in total. The maximum atomic E-state index is 12.2. The number of hydrogen-bond acceptors (Lipinski definition) is 4. The molecule has 20 heavy (non-hydrogen) atoms. The number of benzene rings is 1. The smallest absolute Gasteiger partial charge is 0.260 e. The molecule has 2 aromatic rings. The molecule has 0 aliphatic carbocycles. The molecule has 1 amide bonds. The summed E-state index contributed by atoms with van der Waals surface area (Å²) in [5.41, 5.74) is 2.33. The predicted molar refractivity (Wildman–Crippen MR) is 80.5 cm³/mol. The second kappa shape index (κ2) is 5.50. The first-order chi connectivity index (χ1) is 9.75. The van der Waals surface area contributed by atoms with Gasteiger partial charge in [-0.1, -0.05) is 30.0 Å². The maximum Gasteiger partial charge on any atom is 0.260 e. The number of amidine groups is 1. The van der Waals surface area contributed by atoms with Crippen LogP contribution in [0.4, 0.5) is 0 Å². The summed E-state index contributed by atoms with van der Waals surface area (Å²) in [6, 6.07) is 9.75. The van der Waals surface area contributed by atoms with Crippen molar-refractivity contribution in [2.24, 2.45) is 4.99 Å². The molecule has 0 bridgehead atoms. The number of aromatic nitrogens is 2. The molecule has 6 heteroatoms. The van der Waals surface area contributed by atoms with E-state index in [1.165, 1.54) is 0 Å². The molecule has 0 fully saturated rings. The van der Waals surface area contributed by atoms with Crippen molar-refractivity contribution in [3.05, 3.63) is 47.8 Å². The van der Waals surface area contributed by atoms with Gasteiger partial charge in [0, 0.05) is 5.75 Å². The van der Waals surface area contributed by atoms with Crippen molar-refractivity contribution in [3.8, 4) is 5.69 Å². The van der Waals surface area contributed by atoms with Gasteiger partial charge < -0.3 is 5.32 Å². The lowest BCUT2D eigenvalue weighted by molar-refractivity contribution is 0.0977. The number of nitrogens with one attached hydrogen (secondary N) is 1. The average Bonchev–Trinajstić information content (AvgIpc) is 3.09. The second-order valence-electron chi connectivity index (χ2n) is 4.38. The normalized spacial score (nSPS) is 14.2. The number of aliphatic imine (C=N–C) groups is 1. The van der Waals surface area contributed by atoms with Crippen LogP contribution in [0.15, 0.2) is 41.5 Å². The van der Waals surface area contributed by atoms with Crippen LogP contribution >= 0.6 is 11.8 Å². The van der Waals surface area contributed by atoms with Crippen LogP contribution in [0.5, 0.6) is 0 Å². The van der Waals surface area contributed by atoms with Crippen molar-refractivity contribution < 1.29 is 4.79 Å². The Morgan fingerprint density at radius 1 is 1.35 bits per heavy atom. The summed E-state index contributed by atoms with van der Waals surface area (Å²) >= 11 is 1.57. The topological polar surface area (TPSA) is 59.3 Å². The number of carbonyl (C=O) groups is 1. The van der Waals surface area contributed by atoms with Crippen molar-refractivity contribution in [1.29, 1.82) is 0 Å². The monoisotopic (exact) mass is 286 g/mol. The Morgan fingerprint density at radius 2 is 2.15 bits per heavy atom. The Morgan fingerprint density at radius 3 is 2.85 bits per heavy atom. The maximum absolute atomic E-state index is 12.2. The third-order valence-corrected chi connectivity index (χ3v) is 3.95. The standard InChI is InChI=1S/C14H14N4OS/c1-10-12(13(19)17-14-15-7-8-20-14)9-16-18(10)11-5-3-2-4-6-11/h2-6,9H,7-8H2,1H3,(H,15,17,19). The molecule has 0 saturated carbocycles. The van der Waals surface area contributed by atoms with Crippen LogP contribution in [0.25, 0.3) is 5.69 Å². The first-order valence-corrected chi connectivity index (χ1v) is 7.33. The Hall–Kier alpha value is -2.08. The van der Waals surface area contributed by atoms with Gasteiger partial charge in [0.25, 0.3) is 5.91 Å². The van der Waals surface area contributed by atoms with Crippen molar-refractivity contribution in [2.45, 2.75) is 6.92 Å². The van der Waals surface area contributed by atoms with E-state index in [0.29, 0.717) is 10.7 Å². The molecule has 1 aliphatic rings. The lowest BCUT2D eigenvalue weighted by Gasteiger charge is -2.06. The third kappa shape index (κ3) is 2.46. The fraction of sp³-hybridized carbons (Fsp3) is 0.214. The van der Waals surface area contributed by atoms with Gasteiger partial charge in [-0.3, -0.25) is 9.79 Å². The molecule has 3 rings (SSSR count). The molecule has 0 unspecified atom stereocenters. The molecule has 0 atom stereocenters. The third-order valence-electron chi connectivity index (χ3n) is 3.06. The van der Waals surface area contributed by atoms with Gasteiger partial charge in [0.05, 0.1) is 29.7 Å². The van der Waals surface area contributed by atoms with E-state index in [2.05, 4.69) is 15.4 Å². The summed E-state index contributed by atoms with van der Waals surface area (Å²) in [4.78, 5) is 16.4. The Balaban J connectivity index is 1.85. The highest BCUT2D eigenvalue weighted by atomic mass is 32.2. The molecule has 102 valence electrons. The van der Waals surface area contributed by atoms with Gasteiger partial charge >= 0.3 is 0 Å². The van der Waals surface area contributed by atoms with E-state index in [1.54, 1.807) is 22.6 Å². The van der Waals surface area contributed by atoms with E-state index in [1.807, 2.05) is 37.3 Å². The minimum absolute atomic E-state index is 0.155. The molecule has 1 aromatic heterocycles. The highest BCUT2D eigenvalue weighted by Gasteiger charge is 2.17. The number of para-hydroxylation sites is 1. The van der Waals surface area contributed by atoms with Crippen LogP contribution < -0.4 is 5.32 Å². The van der Waals surface area contributed by atoms with Crippen molar-refractivity contribution in [3.63, 3.8) is 0 Å². The van der Waals surface area contributed by atoms with E-state index in [-0.39, 0.29) is 5.91 Å².